The number of ether oxygens (including phenoxy) is 2. The Balaban J connectivity index is 1.08. The van der Waals surface area contributed by atoms with Crippen LogP contribution in [0.25, 0.3) is 0 Å². The molecule has 7 rings (SSSR count). The molecule has 0 heterocycles. The van der Waals surface area contributed by atoms with Crippen LogP contribution in [0.4, 0.5) is 34.1 Å². The van der Waals surface area contributed by atoms with Gasteiger partial charge in [-0.05, 0) is 177 Å². The van der Waals surface area contributed by atoms with Gasteiger partial charge in [0.25, 0.3) is 0 Å². The molecular formula is C56H58N2O3. The minimum Gasteiger partial charge on any atom is -0.488 e. The minimum atomic E-state index is -0.212. The largest absolute Gasteiger partial charge is 0.488 e. The van der Waals surface area contributed by atoms with Crippen LogP contribution in [0.15, 0.2) is 182 Å². The molecule has 7 aromatic rings. The smallest absolute Gasteiger partial charge is 0.193 e. The Morgan fingerprint density at radius 3 is 1.20 bits per heavy atom. The highest BCUT2D eigenvalue weighted by molar-refractivity contribution is 6.09. The van der Waals surface area contributed by atoms with Crippen LogP contribution in [0, 0.1) is 0 Å². The number of carbonyl (C=O) groups excluding carboxylic acids is 1. The molecule has 1 atom stereocenters. The summed E-state index contributed by atoms with van der Waals surface area (Å²) in [5.41, 5.74) is 8.91. The van der Waals surface area contributed by atoms with E-state index in [1.807, 2.05) is 66.7 Å². The van der Waals surface area contributed by atoms with Crippen molar-refractivity contribution in [2.75, 3.05) is 9.80 Å². The first-order valence-electron chi connectivity index (χ1n) is 21.8. The fraction of sp³-hybridized carbons (Fsp3) is 0.232. The summed E-state index contributed by atoms with van der Waals surface area (Å²) in [5, 5.41) is 0. The molecule has 0 saturated carbocycles. The van der Waals surface area contributed by atoms with E-state index in [9.17, 15) is 4.79 Å². The van der Waals surface area contributed by atoms with Gasteiger partial charge >= 0.3 is 0 Å². The van der Waals surface area contributed by atoms with Crippen molar-refractivity contribution in [2.24, 2.45) is 0 Å². The van der Waals surface area contributed by atoms with Crippen LogP contribution in [0.2, 0.25) is 0 Å². The number of carbonyl (C=O) groups is 1. The lowest BCUT2D eigenvalue weighted by Gasteiger charge is -2.30. The lowest BCUT2D eigenvalue weighted by atomic mass is 9.78. The number of para-hydroxylation sites is 2. The molecule has 0 saturated heterocycles. The Labute approximate surface area is 363 Å². The van der Waals surface area contributed by atoms with Crippen molar-refractivity contribution < 1.29 is 14.3 Å². The van der Waals surface area contributed by atoms with Crippen LogP contribution in [0.3, 0.4) is 0 Å². The second-order valence-corrected chi connectivity index (χ2v) is 16.3. The Kier molecular flexibility index (Phi) is 13.4. The maximum Gasteiger partial charge on any atom is 0.193 e. The maximum absolute atomic E-state index is 13.4. The zero-order valence-electron chi connectivity index (χ0n) is 36.5. The summed E-state index contributed by atoms with van der Waals surface area (Å²) in [6, 6.07) is 61.7. The molecule has 5 nitrogen and oxygen atoms in total. The third kappa shape index (κ3) is 9.90. The fourth-order valence-corrected chi connectivity index (χ4v) is 7.90. The molecule has 0 N–H and O–H groups in total. The minimum absolute atomic E-state index is 0.0447. The molecule has 7 aromatic carbocycles. The third-order valence-corrected chi connectivity index (χ3v) is 12.2. The molecule has 0 aliphatic heterocycles. The first-order valence-corrected chi connectivity index (χ1v) is 21.8. The molecule has 61 heavy (non-hydrogen) atoms. The predicted octanol–water partition coefficient (Wildman–Crippen LogP) is 16.1. The van der Waals surface area contributed by atoms with E-state index < -0.39 is 0 Å². The van der Waals surface area contributed by atoms with Gasteiger partial charge < -0.3 is 19.3 Å². The van der Waals surface area contributed by atoms with E-state index in [0.29, 0.717) is 22.6 Å². The predicted molar refractivity (Wildman–Crippen MR) is 254 cm³/mol. The monoisotopic (exact) mass is 806 g/mol. The second-order valence-electron chi connectivity index (χ2n) is 16.3. The van der Waals surface area contributed by atoms with Gasteiger partial charge in [0.1, 0.15) is 22.8 Å². The molecular weight excluding hydrogens is 749 g/mol. The van der Waals surface area contributed by atoms with E-state index >= 15 is 0 Å². The van der Waals surface area contributed by atoms with E-state index in [1.54, 1.807) is 0 Å². The number of rotatable bonds is 18. The number of anilines is 6. The molecule has 0 radical (unpaired) electrons. The van der Waals surface area contributed by atoms with Crippen molar-refractivity contribution in [3.63, 3.8) is 0 Å². The number of hydrogen-bond donors (Lipinski definition) is 0. The first-order chi connectivity index (χ1) is 29.7. The zero-order valence-corrected chi connectivity index (χ0v) is 36.5. The molecule has 310 valence electrons. The van der Waals surface area contributed by atoms with Gasteiger partial charge in [-0.3, -0.25) is 4.79 Å². The molecule has 0 aliphatic rings. The van der Waals surface area contributed by atoms with Gasteiger partial charge in [0, 0.05) is 45.3 Å². The molecule has 0 aliphatic carbocycles. The molecule has 0 amide bonds. The van der Waals surface area contributed by atoms with E-state index in [-0.39, 0.29) is 16.8 Å². The third-order valence-electron chi connectivity index (χ3n) is 12.2. The fourth-order valence-electron chi connectivity index (χ4n) is 7.90. The Morgan fingerprint density at radius 1 is 0.443 bits per heavy atom. The number of nitrogens with zero attached hydrogens (tertiary/aromatic N) is 2. The van der Waals surface area contributed by atoms with Crippen molar-refractivity contribution in [1.29, 1.82) is 0 Å². The highest BCUT2D eigenvalue weighted by Gasteiger charge is 2.24. The molecule has 0 bridgehead atoms. The normalized spacial score (nSPS) is 12.3. The van der Waals surface area contributed by atoms with Gasteiger partial charge in [-0.15, -0.1) is 0 Å². The second kappa shape index (κ2) is 19.2. The van der Waals surface area contributed by atoms with Gasteiger partial charge in [0.05, 0.1) is 0 Å². The van der Waals surface area contributed by atoms with E-state index in [4.69, 9.17) is 9.47 Å². The average Bonchev–Trinajstić information content (AvgIpc) is 3.31. The van der Waals surface area contributed by atoms with Gasteiger partial charge in [-0.2, -0.15) is 0 Å². The summed E-state index contributed by atoms with van der Waals surface area (Å²) in [7, 11) is 0. The lowest BCUT2D eigenvalue weighted by molar-refractivity contribution is 0.0741. The number of hydrogen-bond acceptors (Lipinski definition) is 5. The SMILES string of the molecule is CCCC(C)(CC)Oc1ccc(C(=O)c2ccc(Oc3ccc(N(c4ccccc4)c4ccc(N(c5ccccc5)c5ccc(C(C)(CC)CC)cc5)cc4)cc3)cc2)cc1. The number of benzene rings is 7. The average molecular weight is 807 g/mol. The molecule has 5 heteroatoms. The van der Waals surface area contributed by atoms with Crippen LogP contribution >= 0.6 is 0 Å². The molecule has 0 fully saturated rings. The van der Waals surface area contributed by atoms with Crippen molar-refractivity contribution in [3.8, 4) is 17.2 Å². The zero-order chi connectivity index (χ0) is 42.8. The summed E-state index contributed by atoms with van der Waals surface area (Å²) in [6.07, 6.45) is 5.16. The van der Waals surface area contributed by atoms with Crippen LogP contribution < -0.4 is 19.3 Å². The van der Waals surface area contributed by atoms with E-state index in [0.717, 1.165) is 72.0 Å². The van der Waals surface area contributed by atoms with Gasteiger partial charge in [0.2, 0.25) is 0 Å². The Hall–Kier alpha value is -6.59. The molecule has 0 spiro atoms. The van der Waals surface area contributed by atoms with Crippen LogP contribution in [-0.4, -0.2) is 11.4 Å². The van der Waals surface area contributed by atoms with E-state index in [2.05, 4.69) is 167 Å². The topological polar surface area (TPSA) is 42.0 Å². The standard InChI is InChI=1S/C56H58N2O3/c1-7-41-56(6,10-4)61-53-37-23-43(24-38-53)54(59)42-21-35-51(36-22-42)60-52-39-33-50(34-40-52)58(46-19-15-12-16-20-46)49-31-29-48(30-32-49)57(45-17-13-11-14-18-45)47-27-25-44(26-28-47)55(5,8-2)9-3/h11-40H,7-10,41H2,1-6H3. The van der Waals surface area contributed by atoms with Gasteiger partial charge in [0.15, 0.2) is 5.78 Å². The van der Waals surface area contributed by atoms with Crippen LogP contribution in [0.5, 0.6) is 17.2 Å². The lowest BCUT2D eigenvalue weighted by Crippen LogP contribution is -2.31. The first kappa shape index (κ1) is 42.5. The maximum atomic E-state index is 13.4. The van der Waals surface area contributed by atoms with E-state index in [1.165, 1.54) is 5.56 Å². The Bertz CT molecular complexity index is 2440. The summed E-state index contributed by atoms with van der Waals surface area (Å²) in [5.74, 6) is 2.09. The molecule has 1 unspecified atom stereocenters. The summed E-state index contributed by atoms with van der Waals surface area (Å²) in [6.45, 7) is 13.4. The summed E-state index contributed by atoms with van der Waals surface area (Å²) >= 11 is 0. The summed E-state index contributed by atoms with van der Waals surface area (Å²) < 4.78 is 12.6. The van der Waals surface area contributed by atoms with Gasteiger partial charge in [-0.25, -0.2) is 0 Å². The van der Waals surface area contributed by atoms with Crippen molar-refractivity contribution >= 4 is 39.9 Å². The van der Waals surface area contributed by atoms with Crippen molar-refractivity contribution in [1.82, 2.24) is 0 Å². The van der Waals surface area contributed by atoms with Crippen LogP contribution in [0.1, 0.15) is 95.1 Å². The quantitative estimate of drug-likeness (QED) is 0.0808. The summed E-state index contributed by atoms with van der Waals surface area (Å²) in [4.78, 5) is 17.9. The van der Waals surface area contributed by atoms with Gasteiger partial charge in [-0.1, -0.05) is 89.6 Å². The molecule has 0 aromatic heterocycles. The van der Waals surface area contributed by atoms with Crippen molar-refractivity contribution in [3.05, 3.63) is 199 Å². The number of ketones is 1. The van der Waals surface area contributed by atoms with Crippen molar-refractivity contribution in [2.45, 2.75) is 84.7 Å². The van der Waals surface area contributed by atoms with Crippen LogP contribution in [-0.2, 0) is 5.41 Å². The highest BCUT2D eigenvalue weighted by atomic mass is 16.5. The highest BCUT2D eigenvalue weighted by Crippen LogP contribution is 2.41. The Morgan fingerprint density at radius 2 is 0.803 bits per heavy atom.